The fourth-order valence-electron chi connectivity index (χ4n) is 3.19. The summed E-state index contributed by atoms with van der Waals surface area (Å²) in [7, 11) is 0. The smallest absolute Gasteiger partial charge is 0.320 e. The summed E-state index contributed by atoms with van der Waals surface area (Å²) in [6.45, 7) is 1.97. The van der Waals surface area contributed by atoms with E-state index in [4.69, 9.17) is 6.42 Å². The van der Waals surface area contributed by atoms with E-state index in [-0.39, 0.29) is 6.61 Å². The van der Waals surface area contributed by atoms with E-state index in [9.17, 15) is 9.90 Å². The van der Waals surface area contributed by atoms with Crippen molar-refractivity contribution in [3.63, 3.8) is 0 Å². The molecule has 1 aliphatic rings. The lowest BCUT2D eigenvalue weighted by molar-refractivity contribution is 0.225. The number of anilines is 2. The second kappa shape index (κ2) is 9.40. The van der Waals surface area contributed by atoms with Crippen molar-refractivity contribution in [3.8, 4) is 12.3 Å². The SMILES string of the molecule is C#Cc1nc(NC(=O)N[C@@H](CO)c2ccc(N3CCCCCC3)cc2)cs1. The molecule has 3 N–H and O–H groups in total. The van der Waals surface area contributed by atoms with E-state index in [2.05, 4.69) is 38.6 Å². The minimum atomic E-state index is -0.492. The average Bonchev–Trinajstić information content (AvgIpc) is 2.97. The Morgan fingerprint density at radius 1 is 1.26 bits per heavy atom. The molecule has 0 unspecified atom stereocenters. The number of thiazole rings is 1. The van der Waals surface area contributed by atoms with Crippen molar-refractivity contribution in [1.29, 1.82) is 0 Å². The van der Waals surface area contributed by atoms with Crippen LogP contribution >= 0.6 is 11.3 Å². The highest BCUT2D eigenvalue weighted by molar-refractivity contribution is 7.10. The zero-order valence-electron chi connectivity index (χ0n) is 15.1. The number of amides is 2. The van der Waals surface area contributed by atoms with Gasteiger partial charge in [0.1, 0.15) is 5.82 Å². The highest BCUT2D eigenvalue weighted by Crippen LogP contribution is 2.22. The number of benzene rings is 1. The molecule has 142 valence electrons. The molecule has 7 heteroatoms. The minimum absolute atomic E-state index is 0.191. The first-order chi connectivity index (χ1) is 13.2. The normalized spacial score (nSPS) is 15.5. The Kier molecular flexibility index (Phi) is 6.69. The summed E-state index contributed by atoms with van der Waals surface area (Å²) < 4.78 is 0. The fourth-order valence-corrected chi connectivity index (χ4v) is 3.74. The van der Waals surface area contributed by atoms with Crippen LogP contribution in [-0.2, 0) is 0 Å². The van der Waals surface area contributed by atoms with Crippen LogP contribution in [0.15, 0.2) is 29.6 Å². The highest BCUT2D eigenvalue weighted by atomic mass is 32.1. The molecule has 3 rings (SSSR count). The van der Waals surface area contributed by atoms with E-state index < -0.39 is 12.1 Å². The number of hydrogen-bond donors (Lipinski definition) is 3. The van der Waals surface area contributed by atoms with Crippen molar-refractivity contribution in [2.45, 2.75) is 31.7 Å². The van der Waals surface area contributed by atoms with Crippen LogP contribution in [-0.4, -0.2) is 35.8 Å². The summed E-state index contributed by atoms with van der Waals surface area (Å²) in [5.74, 6) is 2.83. The summed E-state index contributed by atoms with van der Waals surface area (Å²) in [5.41, 5.74) is 2.04. The second-order valence-corrected chi connectivity index (χ2v) is 7.37. The molecule has 1 saturated heterocycles. The standard InChI is InChI=1S/C20H24N4O2S/c1-2-19-22-18(14-27-19)23-20(26)21-17(13-25)15-7-9-16(10-8-15)24-11-5-3-4-6-12-24/h1,7-10,14,17,25H,3-6,11-13H2,(H2,21,23,26)/t17-/m0/s1. The first-order valence-electron chi connectivity index (χ1n) is 9.15. The molecule has 27 heavy (non-hydrogen) atoms. The number of carbonyl (C=O) groups excluding carboxylic acids is 1. The van der Waals surface area contributed by atoms with Crippen LogP contribution in [0.3, 0.4) is 0 Å². The topological polar surface area (TPSA) is 77.5 Å². The van der Waals surface area contributed by atoms with Gasteiger partial charge < -0.3 is 15.3 Å². The molecule has 0 saturated carbocycles. The lowest BCUT2D eigenvalue weighted by Crippen LogP contribution is -2.34. The molecule has 1 atom stereocenters. The third-order valence-electron chi connectivity index (χ3n) is 4.62. The summed E-state index contributed by atoms with van der Waals surface area (Å²) in [6, 6.07) is 7.11. The Labute approximate surface area is 163 Å². The third kappa shape index (κ3) is 5.22. The van der Waals surface area contributed by atoms with Crippen LogP contribution in [0, 0.1) is 12.3 Å². The average molecular weight is 385 g/mol. The number of terminal acetylenes is 1. The molecule has 1 fully saturated rings. The van der Waals surface area contributed by atoms with Crippen molar-refractivity contribution in [2.75, 3.05) is 29.9 Å². The zero-order valence-corrected chi connectivity index (χ0v) is 16.0. The number of hydrogen-bond acceptors (Lipinski definition) is 5. The van der Waals surface area contributed by atoms with Crippen LogP contribution in [0.25, 0.3) is 0 Å². The largest absolute Gasteiger partial charge is 0.394 e. The van der Waals surface area contributed by atoms with E-state index >= 15 is 0 Å². The van der Waals surface area contributed by atoms with E-state index in [0.29, 0.717) is 10.8 Å². The number of nitrogens with one attached hydrogen (secondary N) is 2. The molecule has 0 aliphatic carbocycles. The van der Waals surface area contributed by atoms with Crippen LogP contribution in [0.5, 0.6) is 0 Å². The summed E-state index contributed by atoms with van der Waals surface area (Å²) >= 11 is 1.29. The van der Waals surface area contributed by atoms with Gasteiger partial charge in [-0.2, -0.15) is 0 Å². The van der Waals surface area contributed by atoms with Crippen molar-refractivity contribution in [1.82, 2.24) is 10.3 Å². The van der Waals surface area contributed by atoms with Gasteiger partial charge in [0.15, 0.2) is 5.01 Å². The van der Waals surface area contributed by atoms with E-state index in [1.165, 1.54) is 42.7 Å². The minimum Gasteiger partial charge on any atom is -0.394 e. The van der Waals surface area contributed by atoms with Gasteiger partial charge in [-0.25, -0.2) is 9.78 Å². The van der Waals surface area contributed by atoms with Gasteiger partial charge in [-0.05, 0) is 36.5 Å². The number of aliphatic hydroxyl groups excluding tert-OH is 1. The van der Waals surface area contributed by atoms with Crippen molar-refractivity contribution < 1.29 is 9.90 Å². The predicted molar refractivity (Wildman–Crippen MR) is 109 cm³/mol. The van der Waals surface area contributed by atoms with Gasteiger partial charge in [-0.3, -0.25) is 5.32 Å². The van der Waals surface area contributed by atoms with Crippen LogP contribution in [0.4, 0.5) is 16.3 Å². The molecule has 2 amide bonds. The zero-order chi connectivity index (χ0) is 19.1. The lowest BCUT2D eigenvalue weighted by atomic mass is 10.1. The Hall–Kier alpha value is -2.56. The molecular formula is C20H24N4O2S. The quantitative estimate of drug-likeness (QED) is 0.691. The number of aromatic nitrogens is 1. The Morgan fingerprint density at radius 3 is 2.56 bits per heavy atom. The lowest BCUT2D eigenvalue weighted by Gasteiger charge is -2.24. The number of carbonyl (C=O) groups is 1. The maximum absolute atomic E-state index is 12.2. The molecule has 6 nitrogen and oxygen atoms in total. The van der Waals surface area contributed by atoms with E-state index in [1.807, 2.05) is 12.1 Å². The number of aliphatic hydroxyl groups is 1. The molecule has 1 aliphatic heterocycles. The number of urea groups is 1. The molecule has 2 aromatic rings. The molecule has 2 heterocycles. The molecule has 0 radical (unpaired) electrons. The van der Waals surface area contributed by atoms with Gasteiger partial charge in [-0.1, -0.05) is 25.0 Å². The molecule has 0 spiro atoms. The molecule has 1 aromatic heterocycles. The van der Waals surface area contributed by atoms with Crippen LogP contribution in [0.1, 0.15) is 42.3 Å². The maximum Gasteiger partial charge on any atom is 0.320 e. The van der Waals surface area contributed by atoms with Crippen molar-refractivity contribution in [3.05, 3.63) is 40.2 Å². The fraction of sp³-hybridized carbons (Fsp3) is 0.400. The highest BCUT2D eigenvalue weighted by Gasteiger charge is 2.16. The first-order valence-corrected chi connectivity index (χ1v) is 10.0. The monoisotopic (exact) mass is 384 g/mol. The number of nitrogens with zero attached hydrogens (tertiary/aromatic N) is 2. The van der Waals surface area contributed by atoms with Gasteiger partial charge in [0, 0.05) is 24.2 Å². The molecular weight excluding hydrogens is 360 g/mol. The van der Waals surface area contributed by atoms with Gasteiger partial charge >= 0.3 is 6.03 Å². The molecule has 1 aromatic carbocycles. The summed E-state index contributed by atoms with van der Waals surface area (Å²) in [4.78, 5) is 18.7. The van der Waals surface area contributed by atoms with Crippen LogP contribution in [0.2, 0.25) is 0 Å². The maximum atomic E-state index is 12.2. The van der Waals surface area contributed by atoms with Gasteiger partial charge in [-0.15, -0.1) is 17.8 Å². The third-order valence-corrected chi connectivity index (χ3v) is 5.40. The first kappa shape index (κ1) is 19.2. The Bertz CT molecular complexity index is 789. The summed E-state index contributed by atoms with van der Waals surface area (Å²) in [6.07, 6.45) is 10.3. The van der Waals surface area contributed by atoms with Crippen molar-refractivity contribution >= 4 is 28.9 Å². The van der Waals surface area contributed by atoms with E-state index in [0.717, 1.165) is 18.7 Å². The van der Waals surface area contributed by atoms with Gasteiger partial charge in [0.25, 0.3) is 0 Å². The summed E-state index contributed by atoms with van der Waals surface area (Å²) in [5, 5.41) is 17.3. The Balaban J connectivity index is 1.60. The van der Waals surface area contributed by atoms with E-state index in [1.54, 1.807) is 5.38 Å². The number of rotatable bonds is 5. The van der Waals surface area contributed by atoms with Gasteiger partial charge in [0.05, 0.1) is 12.6 Å². The molecule has 0 bridgehead atoms. The predicted octanol–water partition coefficient (Wildman–Crippen LogP) is 3.36. The Morgan fingerprint density at radius 2 is 1.96 bits per heavy atom. The van der Waals surface area contributed by atoms with Crippen molar-refractivity contribution in [2.24, 2.45) is 0 Å². The van der Waals surface area contributed by atoms with Gasteiger partial charge in [0.2, 0.25) is 0 Å². The second-order valence-electron chi connectivity index (χ2n) is 6.51. The van der Waals surface area contributed by atoms with Crippen LogP contribution < -0.4 is 15.5 Å².